The Balaban J connectivity index is 1.75. The fourth-order valence-corrected chi connectivity index (χ4v) is 2.99. The van der Waals surface area contributed by atoms with Crippen LogP contribution in [0.15, 0.2) is 0 Å². The maximum atomic E-state index is 4.16. The predicted molar refractivity (Wildman–Crippen MR) is 60.6 cm³/mol. The normalized spacial score (nSPS) is 25.6. The van der Waals surface area contributed by atoms with E-state index >= 15 is 0 Å². The molecule has 0 aliphatic heterocycles. The van der Waals surface area contributed by atoms with Gasteiger partial charge >= 0.3 is 0 Å². The van der Waals surface area contributed by atoms with Crippen LogP contribution in [0.3, 0.4) is 0 Å². The summed E-state index contributed by atoms with van der Waals surface area (Å²) in [5, 5.41) is 11.9. The molecule has 0 amide bonds. The average Bonchev–Trinajstić information content (AvgIpc) is 2.48. The Kier molecular flexibility index (Phi) is 3.35. The Morgan fingerprint density at radius 1 is 1.53 bits per heavy atom. The molecule has 0 N–H and O–H groups in total. The number of alkyl halides is 1. The first-order valence-electron chi connectivity index (χ1n) is 5.19. The van der Waals surface area contributed by atoms with Crippen molar-refractivity contribution < 1.29 is 0 Å². The molecule has 0 bridgehead atoms. The summed E-state index contributed by atoms with van der Waals surface area (Å²) >= 11 is 3.60. The molecule has 1 saturated carbocycles. The van der Waals surface area contributed by atoms with Gasteiger partial charge in [-0.25, -0.2) is 0 Å². The molecule has 1 fully saturated rings. The van der Waals surface area contributed by atoms with Crippen molar-refractivity contribution >= 4 is 15.9 Å². The number of tetrazole rings is 1. The lowest BCUT2D eigenvalue weighted by Gasteiger charge is -2.34. The standard InChI is InChI=1S/C9H16BrN5/c1-14(5-7-3-8(10)4-7)6-9-11-13-15(2)12-9/h7-8H,3-6H2,1-2H3. The lowest BCUT2D eigenvalue weighted by atomic mass is 9.85. The first-order valence-corrected chi connectivity index (χ1v) is 6.10. The Morgan fingerprint density at radius 3 is 2.80 bits per heavy atom. The van der Waals surface area contributed by atoms with Crippen LogP contribution in [0.1, 0.15) is 18.7 Å². The van der Waals surface area contributed by atoms with E-state index in [2.05, 4.69) is 43.3 Å². The number of halogens is 1. The molecule has 0 spiro atoms. The molecule has 1 aromatic rings. The molecule has 0 radical (unpaired) electrons. The van der Waals surface area contributed by atoms with Gasteiger partial charge in [0.1, 0.15) is 0 Å². The topological polar surface area (TPSA) is 46.8 Å². The van der Waals surface area contributed by atoms with Gasteiger partial charge in [0.15, 0.2) is 5.82 Å². The van der Waals surface area contributed by atoms with Gasteiger partial charge in [-0.1, -0.05) is 15.9 Å². The monoisotopic (exact) mass is 273 g/mol. The molecule has 1 aliphatic rings. The van der Waals surface area contributed by atoms with E-state index in [1.54, 1.807) is 7.05 Å². The minimum atomic E-state index is 0.741. The lowest BCUT2D eigenvalue weighted by Crippen LogP contribution is -2.34. The molecule has 0 unspecified atom stereocenters. The van der Waals surface area contributed by atoms with Crippen LogP contribution in [0.5, 0.6) is 0 Å². The van der Waals surface area contributed by atoms with E-state index in [4.69, 9.17) is 0 Å². The summed E-state index contributed by atoms with van der Waals surface area (Å²) < 4.78 is 0. The third-order valence-corrected chi connectivity index (χ3v) is 3.46. The molecule has 84 valence electrons. The molecule has 5 nitrogen and oxygen atoms in total. The number of aromatic nitrogens is 4. The lowest BCUT2D eigenvalue weighted by molar-refractivity contribution is 0.205. The molecule has 1 aliphatic carbocycles. The van der Waals surface area contributed by atoms with Crippen molar-refractivity contribution in [1.29, 1.82) is 0 Å². The van der Waals surface area contributed by atoms with Gasteiger partial charge in [-0.2, -0.15) is 4.80 Å². The summed E-state index contributed by atoms with van der Waals surface area (Å²) in [5.74, 6) is 1.63. The zero-order valence-corrected chi connectivity index (χ0v) is 10.7. The van der Waals surface area contributed by atoms with Gasteiger partial charge < -0.3 is 0 Å². The molecule has 1 aromatic heterocycles. The molecule has 6 heteroatoms. The largest absolute Gasteiger partial charge is 0.299 e. The Bertz CT molecular complexity index is 320. The summed E-state index contributed by atoms with van der Waals surface area (Å²) in [6, 6.07) is 0. The minimum Gasteiger partial charge on any atom is -0.299 e. The molecule has 0 aromatic carbocycles. The van der Waals surface area contributed by atoms with E-state index in [0.29, 0.717) is 0 Å². The summed E-state index contributed by atoms with van der Waals surface area (Å²) in [4.78, 5) is 4.51. The van der Waals surface area contributed by atoms with Crippen molar-refractivity contribution in [2.24, 2.45) is 13.0 Å². The second kappa shape index (κ2) is 4.57. The maximum Gasteiger partial charge on any atom is 0.188 e. The fourth-order valence-electron chi connectivity index (χ4n) is 1.94. The SMILES string of the molecule is CN(Cc1nnn(C)n1)CC1CC(Br)C1. The number of aryl methyl sites for hydroxylation is 1. The Labute approximate surface area is 98.0 Å². The average molecular weight is 274 g/mol. The van der Waals surface area contributed by atoms with Crippen LogP contribution in [-0.4, -0.2) is 43.5 Å². The summed E-state index contributed by atoms with van der Waals surface area (Å²) in [6.45, 7) is 1.91. The van der Waals surface area contributed by atoms with Crippen molar-refractivity contribution in [2.75, 3.05) is 13.6 Å². The number of hydrogen-bond donors (Lipinski definition) is 0. The van der Waals surface area contributed by atoms with Crippen molar-refractivity contribution in [3.8, 4) is 0 Å². The highest BCUT2D eigenvalue weighted by molar-refractivity contribution is 9.09. The molecule has 15 heavy (non-hydrogen) atoms. The Hall–Kier alpha value is -0.490. The smallest absolute Gasteiger partial charge is 0.188 e. The van der Waals surface area contributed by atoms with Crippen LogP contribution >= 0.6 is 15.9 Å². The zero-order chi connectivity index (χ0) is 10.8. The molecular weight excluding hydrogens is 258 g/mol. The Morgan fingerprint density at radius 2 is 2.27 bits per heavy atom. The van der Waals surface area contributed by atoms with Crippen molar-refractivity contribution in [1.82, 2.24) is 25.1 Å². The summed E-state index contributed by atoms with van der Waals surface area (Å²) in [6.07, 6.45) is 2.58. The minimum absolute atomic E-state index is 0.741. The van der Waals surface area contributed by atoms with Crippen LogP contribution < -0.4 is 0 Å². The zero-order valence-electron chi connectivity index (χ0n) is 9.10. The van der Waals surface area contributed by atoms with Gasteiger partial charge in [0.2, 0.25) is 0 Å². The van der Waals surface area contributed by atoms with E-state index in [9.17, 15) is 0 Å². The fraction of sp³-hybridized carbons (Fsp3) is 0.889. The van der Waals surface area contributed by atoms with Gasteiger partial charge in [-0.15, -0.1) is 10.2 Å². The second-order valence-electron chi connectivity index (χ2n) is 4.33. The van der Waals surface area contributed by atoms with Crippen LogP contribution in [-0.2, 0) is 13.6 Å². The maximum absolute atomic E-state index is 4.16. The van der Waals surface area contributed by atoms with Crippen LogP contribution in [0.2, 0.25) is 0 Å². The summed E-state index contributed by atoms with van der Waals surface area (Å²) in [7, 11) is 3.90. The molecule has 1 heterocycles. The number of rotatable bonds is 4. The third kappa shape index (κ3) is 2.98. The highest BCUT2D eigenvalue weighted by Gasteiger charge is 2.27. The van der Waals surface area contributed by atoms with Crippen LogP contribution in [0.25, 0.3) is 0 Å². The number of hydrogen-bond acceptors (Lipinski definition) is 4. The quantitative estimate of drug-likeness (QED) is 0.762. The predicted octanol–water partition coefficient (Wildman–Crippen LogP) is 0.815. The van der Waals surface area contributed by atoms with Gasteiger partial charge in [0.25, 0.3) is 0 Å². The van der Waals surface area contributed by atoms with E-state index in [0.717, 1.165) is 29.7 Å². The van der Waals surface area contributed by atoms with E-state index in [-0.39, 0.29) is 0 Å². The second-order valence-corrected chi connectivity index (χ2v) is 5.62. The van der Waals surface area contributed by atoms with Gasteiger partial charge in [-0.05, 0) is 31.0 Å². The number of nitrogens with zero attached hydrogens (tertiary/aromatic N) is 5. The highest BCUT2D eigenvalue weighted by Crippen LogP contribution is 2.33. The highest BCUT2D eigenvalue weighted by atomic mass is 79.9. The first kappa shape index (κ1) is 11.0. The van der Waals surface area contributed by atoms with Gasteiger partial charge in [0.05, 0.1) is 13.6 Å². The van der Waals surface area contributed by atoms with Crippen LogP contribution in [0, 0.1) is 5.92 Å². The molecule has 2 rings (SSSR count). The first-order chi connectivity index (χ1) is 7.13. The van der Waals surface area contributed by atoms with Crippen LogP contribution in [0.4, 0.5) is 0 Å². The van der Waals surface area contributed by atoms with Gasteiger partial charge in [-0.3, -0.25) is 4.90 Å². The van der Waals surface area contributed by atoms with E-state index < -0.39 is 0 Å². The molecule has 0 atom stereocenters. The molecular formula is C9H16BrN5. The van der Waals surface area contributed by atoms with Crippen molar-refractivity contribution in [3.05, 3.63) is 5.82 Å². The summed E-state index contributed by atoms with van der Waals surface area (Å²) in [5.41, 5.74) is 0. The molecule has 0 saturated heterocycles. The third-order valence-electron chi connectivity index (χ3n) is 2.71. The van der Waals surface area contributed by atoms with E-state index in [1.807, 2.05) is 0 Å². The van der Waals surface area contributed by atoms with Crippen molar-refractivity contribution in [3.63, 3.8) is 0 Å². The van der Waals surface area contributed by atoms with Crippen molar-refractivity contribution in [2.45, 2.75) is 24.2 Å². The van der Waals surface area contributed by atoms with E-state index in [1.165, 1.54) is 17.6 Å². The van der Waals surface area contributed by atoms with Gasteiger partial charge in [0, 0.05) is 11.4 Å².